The van der Waals surface area contributed by atoms with Crippen LogP contribution < -0.4 is 5.73 Å². The van der Waals surface area contributed by atoms with Crippen molar-refractivity contribution in [3.8, 4) is 0 Å². The lowest BCUT2D eigenvalue weighted by molar-refractivity contribution is 0.0599. The summed E-state index contributed by atoms with van der Waals surface area (Å²) in [6.07, 6.45) is 26.5. The van der Waals surface area contributed by atoms with Crippen LogP contribution in [0.25, 0.3) is 22.1 Å². The summed E-state index contributed by atoms with van der Waals surface area (Å²) in [7, 11) is 1.43. The minimum absolute atomic E-state index is 0.312. The van der Waals surface area contributed by atoms with Gasteiger partial charge in [0, 0.05) is 55.1 Å². The topological polar surface area (TPSA) is 101 Å². The fourth-order valence-electron chi connectivity index (χ4n) is 7.68. The van der Waals surface area contributed by atoms with Crippen LogP contribution in [-0.2, 0) is 24.2 Å². The lowest BCUT2D eigenvalue weighted by Gasteiger charge is -2.22. The van der Waals surface area contributed by atoms with Gasteiger partial charge in [-0.15, -0.1) is 0 Å². The first-order valence-electron chi connectivity index (χ1n) is 17.8. The molecule has 3 fully saturated rings. The molecule has 0 radical (unpaired) electrons. The summed E-state index contributed by atoms with van der Waals surface area (Å²) in [5.74, 6) is 1.84. The number of carbonyl (C=O) groups is 1. The second-order valence-electron chi connectivity index (χ2n) is 14.1. The summed E-state index contributed by atoms with van der Waals surface area (Å²) in [6, 6.07) is 10.4. The highest BCUT2D eigenvalue weighted by Gasteiger charge is 2.26. The van der Waals surface area contributed by atoms with E-state index in [0.717, 1.165) is 69.5 Å². The number of esters is 1. The minimum atomic E-state index is -0.312. The van der Waals surface area contributed by atoms with Gasteiger partial charge in [0.15, 0.2) is 0 Å². The summed E-state index contributed by atoms with van der Waals surface area (Å²) in [5.41, 5.74) is 12.2. The van der Waals surface area contributed by atoms with Gasteiger partial charge in [0.05, 0.1) is 30.3 Å². The van der Waals surface area contributed by atoms with Gasteiger partial charge in [0.1, 0.15) is 11.3 Å². The van der Waals surface area contributed by atoms with Gasteiger partial charge in [-0.2, -0.15) is 0 Å². The SMILES string of the molecule is COC(=O)c1cc(C2CC2)cnc1Cc1cnc2c(ccn2CC2CCCCC2)c1.Nc1cnc2c(ccn2CC2CCCCC2)c1. The molecule has 3 aliphatic carbocycles. The number of hydrogen-bond acceptors (Lipinski definition) is 6. The predicted molar refractivity (Wildman–Crippen MR) is 187 cm³/mol. The molecule has 0 aliphatic heterocycles. The van der Waals surface area contributed by atoms with Crippen molar-refractivity contribution in [3.63, 3.8) is 0 Å². The lowest BCUT2D eigenvalue weighted by atomic mass is 9.89. The molecule has 0 saturated heterocycles. The van der Waals surface area contributed by atoms with E-state index in [1.54, 1.807) is 6.20 Å². The molecule has 5 aromatic heterocycles. The number of ether oxygens (including phenoxy) is 1. The molecule has 3 aliphatic rings. The zero-order valence-corrected chi connectivity index (χ0v) is 27.7. The Morgan fingerprint density at radius 1 is 0.766 bits per heavy atom. The number of nitrogens with two attached hydrogens (primary N) is 1. The molecule has 5 heterocycles. The monoisotopic (exact) mass is 632 g/mol. The molecule has 3 saturated carbocycles. The van der Waals surface area contributed by atoms with E-state index in [9.17, 15) is 4.79 Å². The van der Waals surface area contributed by atoms with Crippen LogP contribution in [0.1, 0.15) is 110 Å². The number of nitrogens with zero attached hydrogens (tertiary/aromatic N) is 5. The fraction of sp³-hybridized carbons (Fsp3) is 0.487. The second-order valence-corrected chi connectivity index (χ2v) is 14.1. The van der Waals surface area contributed by atoms with Crippen molar-refractivity contribution >= 4 is 33.7 Å². The van der Waals surface area contributed by atoms with Crippen LogP contribution in [0.15, 0.2) is 61.3 Å². The average Bonchev–Trinajstić information content (AvgIpc) is 3.78. The highest BCUT2D eigenvalue weighted by Crippen LogP contribution is 2.40. The molecular weight excluding hydrogens is 584 g/mol. The Morgan fingerprint density at radius 3 is 1.96 bits per heavy atom. The quantitative estimate of drug-likeness (QED) is 0.172. The molecule has 8 rings (SSSR count). The van der Waals surface area contributed by atoms with E-state index >= 15 is 0 Å². The normalized spacial score (nSPS) is 17.5. The molecule has 2 N–H and O–H groups in total. The van der Waals surface area contributed by atoms with Gasteiger partial charge in [0.2, 0.25) is 0 Å². The lowest BCUT2D eigenvalue weighted by Crippen LogP contribution is -2.13. The number of anilines is 1. The van der Waals surface area contributed by atoms with Crippen molar-refractivity contribution in [2.24, 2.45) is 11.8 Å². The first-order chi connectivity index (χ1) is 23.0. The van der Waals surface area contributed by atoms with E-state index < -0.39 is 0 Å². The van der Waals surface area contributed by atoms with Crippen LogP contribution in [0.5, 0.6) is 0 Å². The van der Waals surface area contributed by atoms with Crippen LogP contribution in [0, 0.1) is 11.8 Å². The number of fused-ring (bicyclic) bond motifs is 2. The molecule has 246 valence electrons. The van der Waals surface area contributed by atoms with Gasteiger partial charge in [-0.25, -0.2) is 14.8 Å². The number of carbonyl (C=O) groups excluding carboxylic acids is 1. The van der Waals surface area contributed by atoms with Gasteiger partial charge in [-0.05, 0) is 97.7 Å². The van der Waals surface area contributed by atoms with Gasteiger partial charge < -0.3 is 19.6 Å². The standard InChI is InChI=1S/C25H29N3O2.C14H19N3/c1-30-25(29)22-13-21(19-7-8-19)15-26-23(22)12-18-11-20-9-10-28(24(20)27-14-18)16-17-5-3-2-4-6-17;15-13-8-12-6-7-17(14(12)16-9-13)10-11-4-2-1-3-5-11/h9-11,13-15,17,19H,2-8,12,16H2,1H3;6-9,11H,1-5,10,15H2. The average molecular weight is 633 g/mol. The Hall–Kier alpha value is -4.20. The number of methoxy groups -OCH3 is 1. The highest BCUT2D eigenvalue weighted by molar-refractivity contribution is 5.91. The first-order valence-corrected chi connectivity index (χ1v) is 17.8. The summed E-state index contributed by atoms with van der Waals surface area (Å²) in [5, 5.41) is 2.30. The second kappa shape index (κ2) is 14.3. The zero-order chi connectivity index (χ0) is 32.2. The molecule has 0 unspecified atom stereocenters. The fourth-order valence-corrected chi connectivity index (χ4v) is 7.68. The molecule has 47 heavy (non-hydrogen) atoms. The number of aromatic nitrogens is 5. The van der Waals surface area contributed by atoms with Gasteiger partial charge >= 0.3 is 5.97 Å². The molecular formula is C39H48N6O2. The van der Waals surface area contributed by atoms with Crippen molar-refractivity contribution in [2.45, 2.75) is 102 Å². The summed E-state index contributed by atoms with van der Waals surface area (Å²) >= 11 is 0. The number of pyridine rings is 3. The Balaban J connectivity index is 0.000000174. The van der Waals surface area contributed by atoms with Crippen LogP contribution in [-0.4, -0.2) is 37.2 Å². The maximum Gasteiger partial charge on any atom is 0.339 e. The third kappa shape index (κ3) is 7.53. The molecule has 0 amide bonds. The van der Waals surface area contributed by atoms with E-state index in [0.29, 0.717) is 17.9 Å². The first kappa shape index (κ1) is 31.4. The molecule has 0 aromatic carbocycles. The van der Waals surface area contributed by atoms with Gasteiger partial charge in [-0.3, -0.25) is 4.98 Å². The number of nitrogen functional groups attached to an aromatic ring is 1. The van der Waals surface area contributed by atoms with Crippen molar-refractivity contribution in [1.29, 1.82) is 0 Å². The smallest absolute Gasteiger partial charge is 0.339 e. The van der Waals surface area contributed by atoms with Crippen molar-refractivity contribution in [2.75, 3.05) is 12.8 Å². The highest BCUT2D eigenvalue weighted by atomic mass is 16.5. The Kier molecular flexibility index (Phi) is 9.54. The zero-order valence-electron chi connectivity index (χ0n) is 27.7. The number of rotatable bonds is 8. The maximum absolute atomic E-state index is 12.3. The Morgan fingerprint density at radius 2 is 1.36 bits per heavy atom. The molecule has 8 heteroatoms. The third-order valence-corrected chi connectivity index (χ3v) is 10.5. The predicted octanol–water partition coefficient (Wildman–Crippen LogP) is 8.47. The van der Waals surface area contributed by atoms with E-state index in [1.165, 1.54) is 84.2 Å². The summed E-state index contributed by atoms with van der Waals surface area (Å²) in [4.78, 5) is 26.2. The van der Waals surface area contributed by atoms with Crippen molar-refractivity contribution in [3.05, 3.63) is 83.7 Å². The van der Waals surface area contributed by atoms with E-state index in [1.807, 2.05) is 24.5 Å². The molecule has 0 atom stereocenters. The van der Waals surface area contributed by atoms with Crippen LogP contribution >= 0.6 is 0 Å². The maximum atomic E-state index is 12.3. The molecule has 5 aromatic rings. The third-order valence-electron chi connectivity index (χ3n) is 10.5. The van der Waals surface area contributed by atoms with Gasteiger partial charge in [-0.1, -0.05) is 38.5 Å². The van der Waals surface area contributed by atoms with E-state index in [2.05, 4.69) is 49.7 Å². The van der Waals surface area contributed by atoms with Crippen molar-refractivity contribution < 1.29 is 9.53 Å². The minimum Gasteiger partial charge on any atom is -0.465 e. The van der Waals surface area contributed by atoms with Crippen LogP contribution in [0.3, 0.4) is 0 Å². The Labute approximate surface area is 277 Å². The number of hydrogen-bond donors (Lipinski definition) is 1. The van der Waals surface area contributed by atoms with Crippen molar-refractivity contribution in [1.82, 2.24) is 24.1 Å². The van der Waals surface area contributed by atoms with Gasteiger partial charge in [0.25, 0.3) is 0 Å². The summed E-state index contributed by atoms with van der Waals surface area (Å²) in [6.45, 7) is 2.17. The molecule has 0 bridgehead atoms. The van der Waals surface area contributed by atoms with E-state index in [-0.39, 0.29) is 5.97 Å². The van der Waals surface area contributed by atoms with E-state index in [4.69, 9.17) is 15.5 Å². The Bertz CT molecular complexity index is 1820. The summed E-state index contributed by atoms with van der Waals surface area (Å²) < 4.78 is 9.60. The largest absolute Gasteiger partial charge is 0.465 e. The molecule has 0 spiro atoms. The van der Waals surface area contributed by atoms with Crippen LogP contribution in [0.2, 0.25) is 0 Å². The van der Waals surface area contributed by atoms with Crippen LogP contribution in [0.4, 0.5) is 5.69 Å². The molecule has 8 nitrogen and oxygen atoms in total.